The molecule has 2 aromatic rings. The summed E-state index contributed by atoms with van der Waals surface area (Å²) in [5, 5.41) is 0. The number of fused-ring (bicyclic) bond motifs is 1. The Bertz CT molecular complexity index is 698. The van der Waals surface area contributed by atoms with E-state index in [1.54, 1.807) is 9.13 Å². The van der Waals surface area contributed by atoms with Gasteiger partial charge >= 0.3 is 5.69 Å². The van der Waals surface area contributed by atoms with Gasteiger partial charge < -0.3 is 0 Å². The van der Waals surface area contributed by atoms with Gasteiger partial charge in [-0.2, -0.15) is 0 Å². The van der Waals surface area contributed by atoms with Crippen LogP contribution in [0.3, 0.4) is 0 Å². The van der Waals surface area contributed by atoms with Gasteiger partial charge in [0.1, 0.15) is 0 Å². The minimum Gasteiger partial charge on any atom is -0.295 e. The smallest absolute Gasteiger partial charge is 0.295 e. The summed E-state index contributed by atoms with van der Waals surface area (Å²) in [4.78, 5) is 12.1. The van der Waals surface area contributed by atoms with Gasteiger partial charge in [-0.15, -0.1) is 0 Å². The molecule has 3 nitrogen and oxygen atoms in total. The Morgan fingerprint density at radius 1 is 1.26 bits per heavy atom. The topological polar surface area (TPSA) is 26.9 Å². The molecule has 1 saturated carbocycles. The van der Waals surface area contributed by atoms with Crippen LogP contribution < -0.4 is 5.69 Å². The number of benzene rings is 1. The van der Waals surface area contributed by atoms with Gasteiger partial charge in [-0.1, -0.05) is 13.3 Å². The lowest BCUT2D eigenvalue weighted by atomic mass is 9.72. The Morgan fingerprint density at radius 3 is 2.58 bits per heavy atom. The average Bonchev–Trinajstić information content (AvgIpc) is 2.59. The lowest BCUT2D eigenvalue weighted by Gasteiger charge is -2.34. The van der Waals surface area contributed by atoms with Crippen LogP contribution >= 0.6 is 22.6 Å². The first-order chi connectivity index (χ1) is 8.99. The molecular weight excluding hydrogens is 351 g/mol. The van der Waals surface area contributed by atoms with Crippen molar-refractivity contribution in [3.63, 3.8) is 0 Å². The van der Waals surface area contributed by atoms with Crippen molar-refractivity contribution in [1.29, 1.82) is 0 Å². The first-order valence-electron chi connectivity index (χ1n) is 6.83. The lowest BCUT2D eigenvalue weighted by molar-refractivity contribution is 0.196. The molecule has 1 aromatic heterocycles. The van der Waals surface area contributed by atoms with Gasteiger partial charge in [0.05, 0.1) is 11.0 Å². The summed E-state index contributed by atoms with van der Waals surface area (Å²) in [7, 11) is 3.74. The van der Waals surface area contributed by atoms with E-state index in [1.165, 1.54) is 22.0 Å². The molecule has 0 aliphatic heterocycles. The number of imidazole rings is 1. The summed E-state index contributed by atoms with van der Waals surface area (Å²) in [6.45, 7) is 2.34. The van der Waals surface area contributed by atoms with E-state index in [0.717, 1.165) is 29.3 Å². The summed E-state index contributed by atoms with van der Waals surface area (Å²) in [6.07, 6.45) is 3.78. The largest absolute Gasteiger partial charge is 0.328 e. The van der Waals surface area contributed by atoms with Gasteiger partial charge in [-0.25, -0.2) is 4.79 Å². The summed E-state index contributed by atoms with van der Waals surface area (Å²) in [5.41, 5.74) is 3.58. The second-order valence-electron chi connectivity index (χ2n) is 5.85. The summed E-state index contributed by atoms with van der Waals surface area (Å²) < 4.78 is 4.77. The van der Waals surface area contributed by atoms with E-state index >= 15 is 0 Å². The molecule has 2 atom stereocenters. The summed E-state index contributed by atoms with van der Waals surface area (Å²) >= 11 is 2.35. The molecule has 0 amide bonds. The van der Waals surface area contributed by atoms with Crippen molar-refractivity contribution in [3.8, 4) is 0 Å². The Kier molecular flexibility index (Phi) is 3.23. The first-order valence-corrected chi connectivity index (χ1v) is 7.90. The van der Waals surface area contributed by atoms with E-state index in [-0.39, 0.29) is 5.69 Å². The van der Waals surface area contributed by atoms with E-state index < -0.39 is 0 Å². The zero-order chi connectivity index (χ0) is 13.7. The van der Waals surface area contributed by atoms with Crippen molar-refractivity contribution < 1.29 is 0 Å². The number of halogens is 1. The minimum absolute atomic E-state index is 0.0694. The number of aromatic nitrogens is 2. The van der Waals surface area contributed by atoms with Crippen LogP contribution in [-0.4, -0.2) is 9.13 Å². The number of nitrogens with zero attached hydrogens (tertiary/aromatic N) is 2. The van der Waals surface area contributed by atoms with Crippen LogP contribution in [0.25, 0.3) is 11.0 Å². The van der Waals surface area contributed by atoms with Crippen LogP contribution in [-0.2, 0) is 20.5 Å². The fourth-order valence-electron chi connectivity index (χ4n) is 3.18. The maximum Gasteiger partial charge on any atom is 0.328 e. The van der Waals surface area contributed by atoms with Crippen molar-refractivity contribution in [3.05, 3.63) is 31.8 Å². The third-order valence-electron chi connectivity index (χ3n) is 4.68. The molecule has 2 unspecified atom stereocenters. The Hall–Kier alpha value is -0.780. The maximum atomic E-state index is 12.1. The number of aryl methyl sites for hydroxylation is 2. The van der Waals surface area contributed by atoms with Crippen molar-refractivity contribution in [2.24, 2.45) is 25.9 Å². The predicted octanol–water partition coefficient (Wildman–Crippen LogP) is 3.07. The fourth-order valence-corrected chi connectivity index (χ4v) is 3.85. The van der Waals surface area contributed by atoms with Gasteiger partial charge in [0.2, 0.25) is 0 Å². The van der Waals surface area contributed by atoms with E-state index in [2.05, 4.69) is 41.6 Å². The van der Waals surface area contributed by atoms with E-state index in [1.807, 2.05) is 14.1 Å². The minimum atomic E-state index is 0.0694. The summed E-state index contributed by atoms with van der Waals surface area (Å²) in [5.74, 6) is 1.62. The second kappa shape index (κ2) is 4.65. The lowest BCUT2D eigenvalue weighted by Crippen LogP contribution is -2.25. The highest BCUT2D eigenvalue weighted by atomic mass is 127. The maximum absolute atomic E-state index is 12.1. The molecule has 0 bridgehead atoms. The standard InChI is InChI=1S/C15H19IN2O/c1-9-4-5-10(9)6-11-7-12(16)8-13-14(11)18(3)15(19)17(13)2/h7-10H,4-6H2,1-3H3. The van der Waals surface area contributed by atoms with E-state index in [9.17, 15) is 4.79 Å². The molecule has 19 heavy (non-hydrogen) atoms. The van der Waals surface area contributed by atoms with Crippen LogP contribution in [0.1, 0.15) is 25.3 Å². The van der Waals surface area contributed by atoms with Crippen LogP contribution in [0.5, 0.6) is 0 Å². The molecule has 1 aliphatic rings. The monoisotopic (exact) mass is 370 g/mol. The van der Waals surface area contributed by atoms with Gasteiger partial charge in [0.25, 0.3) is 0 Å². The molecule has 1 fully saturated rings. The Labute approximate surface area is 126 Å². The van der Waals surface area contributed by atoms with Gasteiger partial charge in [-0.3, -0.25) is 9.13 Å². The van der Waals surface area contributed by atoms with Crippen molar-refractivity contribution >= 4 is 33.6 Å². The van der Waals surface area contributed by atoms with Crippen molar-refractivity contribution in [2.75, 3.05) is 0 Å². The Balaban J connectivity index is 2.17. The normalized spacial score (nSPS) is 22.7. The van der Waals surface area contributed by atoms with Crippen LogP contribution in [0.2, 0.25) is 0 Å². The van der Waals surface area contributed by atoms with Gasteiger partial charge in [0.15, 0.2) is 0 Å². The third kappa shape index (κ3) is 2.04. The first kappa shape index (κ1) is 13.2. The molecule has 1 aromatic carbocycles. The van der Waals surface area contributed by atoms with Crippen LogP contribution in [0, 0.1) is 15.4 Å². The van der Waals surface area contributed by atoms with Crippen molar-refractivity contribution in [1.82, 2.24) is 9.13 Å². The molecule has 0 N–H and O–H groups in total. The van der Waals surface area contributed by atoms with Gasteiger partial charge in [-0.05, 0) is 65.0 Å². The molecule has 0 radical (unpaired) electrons. The SMILES string of the molecule is CC1CCC1Cc1cc(I)cc2c1n(C)c(=O)n2C. The average molecular weight is 370 g/mol. The molecule has 1 heterocycles. The third-order valence-corrected chi connectivity index (χ3v) is 5.31. The molecule has 1 aliphatic carbocycles. The highest BCUT2D eigenvalue weighted by molar-refractivity contribution is 14.1. The highest BCUT2D eigenvalue weighted by Crippen LogP contribution is 2.37. The quantitative estimate of drug-likeness (QED) is 0.747. The molecule has 4 heteroatoms. The summed E-state index contributed by atoms with van der Waals surface area (Å²) in [6, 6.07) is 4.35. The van der Waals surface area contributed by atoms with Crippen molar-refractivity contribution in [2.45, 2.75) is 26.2 Å². The zero-order valence-corrected chi connectivity index (χ0v) is 13.8. The Morgan fingerprint density at radius 2 is 2.00 bits per heavy atom. The fraction of sp³-hybridized carbons (Fsp3) is 0.533. The van der Waals surface area contributed by atoms with Crippen LogP contribution in [0.4, 0.5) is 0 Å². The number of rotatable bonds is 2. The number of hydrogen-bond acceptors (Lipinski definition) is 1. The molecule has 3 rings (SSSR count). The van der Waals surface area contributed by atoms with Gasteiger partial charge in [0, 0.05) is 17.7 Å². The molecular formula is C15H19IN2O. The van der Waals surface area contributed by atoms with E-state index in [4.69, 9.17) is 0 Å². The molecule has 102 valence electrons. The molecule has 0 spiro atoms. The zero-order valence-electron chi connectivity index (χ0n) is 11.6. The van der Waals surface area contributed by atoms with Crippen LogP contribution in [0.15, 0.2) is 16.9 Å². The number of hydrogen-bond donors (Lipinski definition) is 0. The highest BCUT2D eigenvalue weighted by Gasteiger charge is 2.28. The van der Waals surface area contributed by atoms with E-state index in [0.29, 0.717) is 0 Å². The second-order valence-corrected chi connectivity index (χ2v) is 7.10. The predicted molar refractivity (Wildman–Crippen MR) is 86.5 cm³/mol. The molecule has 0 saturated heterocycles.